The average Bonchev–Trinajstić information content (AvgIpc) is 3.36. The molecular formula is C25H17FN6O2. The fraction of sp³-hybridized carbons (Fsp3) is 0.0800. The number of anilines is 1. The van der Waals surface area contributed by atoms with Gasteiger partial charge < -0.3 is 10.4 Å². The predicted molar refractivity (Wildman–Crippen MR) is 122 cm³/mol. The van der Waals surface area contributed by atoms with E-state index in [0.29, 0.717) is 27.9 Å². The first-order chi connectivity index (χ1) is 16.6. The van der Waals surface area contributed by atoms with Crippen LogP contribution in [0.15, 0.2) is 79.1 Å². The summed E-state index contributed by atoms with van der Waals surface area (Å²) >= 11 is 0. The fourth-order valence-electron chi connectivity index (χ4n) is 4.22. The Bertz CT molecular complexity index is 1570. The SMILES string of the molecule is O=C1Nc2nc(-c3nn(Cc4ccccc4F)c4ncccc34)ncc2C1(O)c1ccccc1. The molecule has 1 aliphatic heterocycles. The molecule has 34 heavy (non-hydrogen) atoms. The molecule has 6 rings (SSSR count). The Morgan fingerprint density at radius 1 is 1.00 bits per heavy atom. The molecule has 0 aliphatic carbocycles. The highest BCUT2D eigenvalue weighted by Crippen LogP contribution is 2.40. The summed E-state index contributed by atoms with van der Waals surface area (Å²) in [5.41, 5.74) is 0.260. The lowest BCUT2D eigenvalue weighted by atomic mass is 9.89. The topological polar surface area (TPSA) is 106 Å². The van der Waals surface area contributed by atoms with Gasteiger partial charge in [-0.1, -0.05) is 48.5 Å². The number of aromatic nitrogens is 5. The lowest BCUT2D eigenvalue weighted by Gasteiger charge is -2.20. The molecule has 1 unspecified atom stereocenters. The third kappa shape index (κ3) is 2.98. The van der Waals surface area contributed by atoms with Gasteiger partial charge in [0.1, 0.15) is 17.3 Å². The van der Waals surface area contributed by atoms with E-state index in [1.54, 1.807) is 65.5 Å². The molecule has 1 amide bonds. The highest BCUT2D eigenvalue weighted by Gasteiger charge is 2.48. The minimum Gasteiger partial charge on any atom is -0.372 e. The van der Waals surface area contributed by atoms with Crippen molar-refractivity contribution in [3.63, 3.8) is 0 Å². The summed E-state index contributed by atoms with van der Waals surface area (Å²) in [6.07, 6.45) is 3.07. The highest BCUT2D eigenvalue weighted by atomic mass is 19.1. The molecule has 0 fully saturated rings. The smallest absolute Gasteiger partial charge is 0.267 e. The summed E-state index contributed by atoms with van der Waals surface area (Å²) in [6.45, 7) is 0.176. The van der Waals surface area contributed by atoms with Crippen LogP contribution in [0.2, 0.25) is 0 Å². The Morgan fingerprint density at radius 3 is 2.62 bits per heavy atom. The summed E-state index contributed by atoms with van der Waals surface area (Å²) in [6, 6.07) is 18.7. The number of hydrogen-bond donors (Lipinski definition) is 2. The van der Waals surface area contributed by atoms with Gasteiger partial charge in [-0.15, -0.1) is 0 Å². The van der Waals surface area contributed by atoms with Gasteiger partial charge in [-0.3, -0.25) is 4.79 Å². The van der Waals surface area contributed by atoms with Gasteiger partial charge in [-0.05, 0) is 23.8 Å². The monoisotopic (exact) mass is 452 g/mol. The molecule has 0 bridgehead atoms. The molecule has 5 aromatic rings. The number of benzene rings is 2. The summed E-state index contributed by atoms with van der Waals surface area (Å²) < 4.78 is 15.9. The van der Waals surface area contributed by atoms with Crippen molar-refractivity contribution >= 4 is 22.8 Å². The lowest BCUT2D eigenvalue weighted by molar-refractivity contribution is -0.129. The van der Waals surface area contributed by atoms with E-state index in [0.717, 1.165) is 0 Å². The van der Waals surface area contributed by atoms with Crippen LogP contribution >= 0.6 is 0 Å². The third-order valence-corrected chi connectivity index (χ3v) is 5.93. The molecule has 8 nitrogen and oxygen atoms in total. The van der Waals surface area contributed by atoms with Gasteiger partial charge in [0.2, 0.25) is 0 Å². The number of carbonyl (C=O) groups is 1. The molecule has 166 valence electrons. The second-order valence-electron chi connectivity index (χ2n) is 7.96. The summed E-state index contributed by atoms with van der Waals surface area (Å²) in [4.78, 5) is 26.1. The van der Waals surface area contributed by atoms with E-state index in [1.807, 2.05) is 6.07 Å². The van der Waals surface area contributed by atoms with E-state index in [4.69, 9.17) is 0 Å². The molecule has 1 atom stereocenters. The van der Waals surface area contributed by atoms with Crippen molar-refractivity contribution in [1.29, 1.82) is 0 Å². The van der Waals surface area contributed by atoms with Crippen LogP contribution in [0.5, 0.6) is 0 Å². The van der Waals surface area contributed by atoms with Crippen LogP contribution < -0.4 is 5.32 Å². The quantitative estimate of drug-likeness (QED) is 0.434. The van der Waals surface area contributed by atoms with Crippen molar-refractivity contribution in [2.45, 2.75) is 12.1 Å². The van der Waals surface area contributed by atoms with Gasteiger partial charge in [0.05, 0.1) is 17.5 Å². The maximum atomic E-state index is 14.3. The van der Waals surface area contributed by atoms with Gasteiger partial charge in [0.25, 0.3) is 5.91 Å². The first kappa shape index (κ1) is 20.1. The van der Waals surface area contributed by atoms with E-state index < -0.39 is 11.5 Å². The number of nitrogens with one attached hydrogen (secondary N) is 1. The number of aliphatic hydroxyl groups is 1. The molecule has 2 N–H and O–H groups in total. The number of rotatable bonds is 4. The van der Waals surface area contributed by atoms with Crippen LogP contribution in [0, 0.1) is 5.82 Å². The van der Waals surface area contributed by atoms with E-state index in [-0.39, 0.29) is 29.6 Å². The van der Waals surface area contributed by atoms with Crippen LogP contribution in [0.1, 0.15) is 16.7 Å². The summed E-state index contributed by atoms with van der Waals surface area (Å²) in [7, 11) is 0. The lowest BCUT2D eigenvalue weighted by Crippen LogP contribution is -2.35. The van der Waals surface area contributed by atoms with Crippen LogP contribution in [-0.4, -0.2) is 35.7 Å². The highest BCUT2D eigenvalue weighted by molar-refractivity contribution is 6.06. The molecular weight excluding hydrogens is 435 g/mol. The Labute approximate surface area is 192 Å². The zero-order chi connectivity index (χ0) is 23.3. The largest absolute Gasteiger partial charge is 0.372 e. The van der Waals surface area contributed by atoms with Crippen LogP contribution in [-0.2, 0) is 16.9 Å². The number of nitrogens with zero attached hydrogens (tertiary/aromatic N) is 5. The fourth-order valence-corrected chi connectivity index (χ4v) is 4.22. The van der Waals surface area contributed by atoms with Crippen molar-refractivity contribution < 1.29 is 14.3 Å². The maximum Gasteiger partial charge on any atom is 0.267 e. The van der Waals surface area contributed by atoms with E-state index in [1.165, 1.54) is 12.3 Å². The predicted octanol–water partition coefficient (Wildman–Crippen LogP) is 3.26. The number of hydrogen-bond acceptors (Lipinski definition) is 6. The number of amides is 1. The van der Waals surface area contributed by atoms with Gasteiger partial charge in [-0.25, -0.2) is 24.0 Å². The second kappa shape index (κ2) is 7.53. The Balaban J connectivity index is 1.45. The Kier molecular flexibility index (Phi) is 4.46. The van der Waals surface area contributed by atoms with Gasteiger partial charge in [-0.2, -0.15) is 5.10 Å². The normalized spacial score (nSPS) is 17.1. The molecule has 0 radical (unpaired) electrons. The average molecular weight is 452 g/mol. The van der Waals surface area contributed by atoms with Crippen molar-refractivity contribution in [3.05, 3.63) is 102 Å². The first-order valence-corrected chi connectivity index (χ1v) is 10.6. The van der Waals surface area contributed by atoms with Crippen LogP contribution in [0.25, 0.3) is 22.6 Å². The summed E-state index contributed by atoms with van der Waals surface area (Å²) in [5, 5.41) is 19.2. The minimum absolute atomic E-state index is 0.176. The third-order valence-electron chi connectivity index (χ3n) is 5.93. The van der Waals surface area contributed by atoms with Gasteiger partial charge in [0.15, 0.2) is 17.1 Å². The van der Waals surface area contributed by atoms with Crippen LogP contribution in [0.4, 0.5) is 10.2 Å². The number of pyridine rings is 1. The first-order valence-electron chi connectivity index (χ1n) is 10.6. The molecule has 2 aromatic carbocycles. The van der Waals surface area contributed by atoms with Crippen molar-refractivity contribution in [3.8, 4) is 11.5 Å². The molecule has 0 saturated heterocycles. The maximum absolute atomic E-state index is 14.3. The zero-order valence-electron chi connectivity index (χ0n) is 17.7. The van der Waals surface area contributed by atoms with E-state index in [2.05, 4.69) is 25.4 Å². The second-order valence-corrected chi connectivity index (χ2v) is 7.96. The molecule has 3 aromatic heterocycles. The van der Waals surface area contributed by atoms with Gasteiger partial charge in [0, 0.05) is 18.0 Å². The summed E-state index contributed by atoms with van der Waals surface area (Å²) in [5.74, 6) is -0.472. The van der Waals surface area contributed by atoms with Crippen molar-refractivity contribution in [2.75, 3.05) is 5.32 Å². The van der Waals surface area contributed by atoms with Gasteiger partial charge >= 0.3 is 0 Å². The number of carbonyl (C=O) groups excluding carboxylic acids is 1. The molecule has 0 saturated carbocycles. The van der Waals surface area contributed by atoms with E-state index in [9.17, 15) is 14.3 Å². The standard InChI is InChI=1S/C25H17FN6O2/c26-19-11-5-4-7-15(19)14-32-23-17(10-6-12-27-23)20(31-32)22-28-13-18-21(29-22)30-24(33)25(18,34)16-8-2-1-3-9-16/h1-13,34H,14H2,(H,28,29,30,33). The van der Waals surface area contributed by atoms with Crippen molar-refractivity contribution in [1.82, 2.24) is 24.7 Å². The van der Waals surface area contributed by atoms with E-state index >= 15 is 0 Å². The molecule has 9 heteroatoms. The zero-order valence-corrected chi connectivity index (χ0v) is 17.7. The Morgan fingerprint density at radius 2 is 1.79 bits per heavy atom. The Hall–Kier alpha value is -4.50. The van der Waals surface area contributed by atoms with Crippen LogP contribution in [0.3, 0.4) is 0 Å². The number of halogens is 1. The van der Waals surface area contributed by atoms with Crippen molar-refractivity contribution in [2.24, 2.45) is 0 Å². The molecule has 0 spiro atoms. The molecule has 1 aliphatic rings. The minimum atomic E-state index is -1.89. The number of fused-ring (bicyclic) bond motifs is 2. The molecule has 4 heterocycles.